The van der Waals surface area contributed by atoms with E-state index >= 15 is 0 Å². The van der Waals surface area contributed by atoms with Gasteiger partial charge >= 0.3 is 0 Å². The van der Waals surface area contributed by atoms with Crippen LogP contribution in [0.5, 0.6) is 0 Å². The van der Waals surface area contributed by atoms with Crippen LogP contribution in [0.2, 0.25) is 0 Å². The maximum Gasteiger partial charge on any atom is 0.122 e. The molecule has 2 fully saturated rings. The minimum absolute atomic E-state index is 0. The number of nitrogens with two attached hydrogens (primary N) is 1. The number of hydrogen-bond acceptors (Lipinski definition) is 3. The third-order valence-electron chi connectivity index (χ3n) is 2.59. The highest BCUT2D eigenvalue weighted by molar-refractivity contribution is 4.91. The summed E-state index contributed by atoms with van der Waals surface area (Å²) in [5.41, 5.74) is 3.55. The lowest BCUT2D eigenvalue weighted by Gasteiger charge is -2.34. The van der Waals surface area contributed by atoms with Gasteiger partial charge in [-0.3, -0.25) is 4.90 Å². The second-order valence-electron chi connectivity index (χ2n) is 3.83. The Morgan fingerprint density at radius 3 is 2.46 bits per heavy atom. The van der Waals surface area contributed by atoms with Gasteiger partial charge in [0.05, 0.1) is 19.3 Å². The average Bonchev–Trinajstić information content (AvgIpc) is 2.31. The molecule has 0 amide bonds. The maximum atomic E-state index is 13.3. The van der Waals surface area contributed by atoms with Crippen LogP contribution in [-0.4, -0.2) is 50.0 Å². The molecule has 4 heteroatoms. The van der Waals surface area contributed by atoms with E-state index in [1.165, 1.54) is 7.05 Å². The van der Waals surface area contributed by atoms with E-state index in [4.69, 9.17) is 4.74 Å². The number of nitrogens with zero attached hydrogens (tertiary/aromatic N) is 1. The molecule has 3 nitrogen and oxygen atoms in total. The lowest BCUT2D eigenvalue weighted by atomic mass is 10.1. The lowest BCUT2D eigenvalue weighted by Crippen LogP contribution is -2.48. The molecule has 0 spiro atoms. The highest BCUT2D eigenvalue weighted by atomic mass is 19.1. The fourth-order valence-electron chi connectivity index (χ4n) is 1.70. The molecule has 1 atom stereocenters. The molecule has 13 heavy (non-hydrogen) atoms. The van der Waals surface area contributed by atoms with E-state index in [1.807, 2.05) is 0 Å². The quantitative estimate of drug-likeness (QED) is 0.662. The van der Waals surface area contributed by atoms with Gasteiger partial charge in [-0.05, 0) is 20.4 Å². The second kappa shape index (κ2) is 4.35. The summed E-state index contributed by atoms with van der Waals surface area (Å²) >= 11 is 0. The van der Waals surface area contributed by atoms with E-state index in [2.05, 4.69) is 10.6 Å². The first-order valence-electron chi connectivity index (χ1n) is 4.76. The van der Waals surface area contributed by atoms with E-state index in [9.17, 15) is 4.39 Å². The van der Waals surface area contributed by atoms with Crippen molar-refractivity contribution >= 4 is 0 Å². The fourth-order valence-corrected chi connectivity index (χ4v) is 1.70. The monoisotopic (exact) mass is 192 g/mol. The lowest BCUT2D eigenvalue weighted by molar-refractivity contribution is -0.0606. The van der Waals surface area contributed by atoms with Crippen molar-refractivity contribution in [2.45, 2.75) is 25.1 Å². The summed E-state index contributed by atoms with van der Waals surface area (Å²) in [6.45, 7) is 4.79. The zero-order valence-electron chi connectivity index (χ0n) is 8.42. The molecule has 2 rings (SSSR count). The molecule has 80 valence electrons. The first kappa shape index (κ1) is 10.9. The third-order valence-corrected chi connectivity index (χ3v) is 2.59. The minimum Gasteiger partial charge on any atom is -0.378 e. The first-order valence-corrected chi connectivity index (χ1v) is 4.76. The first-order chi connectivity index (χ1) is 6.17. The van der Waals surface area contributed by atoms with E-state index < -0.39 is 5.67 Å². The molecule has 0 radical (unpaired) electrons. The molecule has 1 unspecified atom stereocenters. The Kier molecular flexibility index (Phi) is 3.64. The summed E-state index contributed by atoms with van der Waals surface area (Å²) in [5, 5.41) is 0. The molecule has 2 aliphatic heterocycles. The van der Waals surface area contributed by atoms with E-state index in [1.54, 1.807) is 6.92 Å². The Hall–Kier alpha value is -0.190. The van der Waals surface area contributed by atoms with Gasteiger partial charge in [0.2, 0.25) is 0 Å². The van der Waals surface area contributed by atoms with Crippen LogP contribution in [0.4, 0.5) is 4.39 Å². The predicted octanol–water partition coefficient (Wildman–Crippen LogP) is 0.640. The Labute approximate surface area is 80.5 Å². The van der Waals surface area contributed by atoms with Gasteiger partial charge in [-0.1, -0.05) is 0 Å². The number of likely N-dealkylation sites (tertiary alicyclic amines) is 1. The zero-order chi connectivity index (χ0) is 9.90. The highest BCUT2D eigenvalue weighted by Gasteiger charge is 2.38. The highest BCUT2D eigenvalue weighted by Crippen LogP contribution is 2.27. The second-order valence-corrected chi connectivity index (χ2v) is 3.83. The SMILES string of the molecule is CC1(F)CCN(C2COC2)C1.CN.[HH]. The van der Waals surface area contributed by atoms with Gasteiger partial charge in [-0.2, -0.15) is 0 Å². The van der Waals surface area contributed by atoms with Gasteiger partial charge in [0.1, 0.15) is 5.67 Å². The van der Waals surface area contributed by atoms with Crippen LogP contribution >= 0.6 is 0 Å². The Balaban J connectivity index is 0.000000531. The van der Waals surface area contributed by atoms with Crippen LogP contribution in [0.3, 0.4) is 0 Å². The molecule has 2 saturated heterocycles. The van der Waals surface area contributed by atoms with Gasteiger partial charge in [-0.15, -0.1) is 0 Å². The standard InChI is InChI=1S/C8H14FNO.CH5N.H2/c1-8(9)2-3-10(6-8)7-4-11-5-7;1-2;/h7H,2-6H2,1H3;2H2,1H3;1H. The smallest absolute Gasteiger partial charge is 0.122 e. The summed E-state index contributed by atoms with van der Waals surface area (Å²) in [6.07, 6.45) is 0.684. The largest absolute Gasteiger partial charge is 0.378 e. The van der Waals surface area contributed by atoms with Crippen LogP contribution < -0.4 is 5.73 Å². The third kappa shape index (κ3) is 2.62. The topological polar surface area (TPSA) is 38.5 Å². The molecule has 2 heterocycles. The van der Waals surface area contributed by atoms with Gasteiger partial charge < -0.3 is 10.5 Å². The number of hydrogen-bond donors (Lipinski definition) is 1. The Bertz CT molecular complexity index is 165. The van der Waals surface area contributed by atoms with Crippen LogP contribution in [-0.2, 0) is 4.74 Å². The van der Waals surface area contributed by atoms with Gasteiger partial charge in [0.25, 0.3) is 0 Å². The Morgan fingerprint density at radius 1 is 1.54 bits per heavy atom. The number of ether oxygens (including phenoxy) is 1. The van der Waals surface area contributed by atoms with Crippen molar-refractivity contribution in [3.8, 4) is 0 Å². The Morgan fingerprint density at radius 2 is 2.15 bits per heavy atom. The molecule has 0 bridgehead atoms. The summed E-state index contributed by atoms with van der Waals surface area (Å²) in [5.74, 6) is 0. The molecule has 2 aliphatic rings. The van der Waals surface area contributed by atoms with Crippen LogP contribution in [0.25, 0.3) is 0 Å². The molecule has 0 aromatic heterocycles. The summed E-state index contributed by atoms with van der Waals surface area (Å²) in [7, 11) is 1.50. The van der Waals surface area contributed by atoms with Crippen molar-refractivity contribution in [1.29, 1.82) is 0 Å². The number of halogens is 1. The minimum atomic E-state index is -0.949. The van der Waals surface area contributed by atoms with E-state index in [-0.39, 0.29) is 1.43 Å². The van der Waals surface area contributed by atoms with Crippen LogP contribution in [0.1, 0.15) is 14.8 Å². The van der Waals surface area contributed by atoms with Crippen molar-refractivity contribution < 1.29 is 10.6 Å². The van der Waals surface area contributed by atoms with Crippen molar-refractivity contribution in [2.75, 3.05) is 33.4 Å². The zero-order valence-corrected chi connectivity index (χ0v) is 8.42. The van der Waals surface area contributed by atoms with Crippen molar-refractivity contribution in [3.63, 3.8) is 0 Å². The molecule has 0 aromatic carbocycles. The maximum absolute atomic E-state index is 13.3. The van der Waals surface area contributed by atoms with Crippen molar-refractivity contribution in [1.82, 2.24) is 4.90 Å². The fraction of sp³-hybridized carbons (Fsp3) is 1.00. The molecular weight excluding hydrogens is 171 g/mol. The molecule has 0 aliphatic carbocycles. The average molecular weight is 192 g/mol. The van der Waals surface area contributed by atoms with E-state index in [0.29, 0.717) is 19.0 Å². The molecule has 2 N–H and O–H groups in total. The van der Waals surface area contributed by atoms with Crippen LogP contribution in [0, 0.1) is 0 Å². The summed E-state index contributed by atoms with van der Waals surface area (Å²) in [6, 6.07) is 0.507. The number of rotatable bonds is 1. The molecule has 0 saturated carbocycles. The van der Waals surface area contributed by atoms with E-state index in [0.717, 1.165) is 19.8 Å². The summed E-state index contributed by atoms with van der Waals surface area (Å²) < 4.78 is 18.4. The molecule has 0 aromatic rings. The van der Waals surface area contributed by atoms with Crippen LogP contribution in [0.15, 0.2) is 0 Å². The van der Waals surface area contributed by atoms with Gasteiger partial charge in [0, 0.05) is 14.5 Å². The van der Waals surface area contributed by atoms with Gasteiger partial charge in [0.15, 0.2) is 0 Å². The predicted molar refractivity (Wildman–Crippen MR) is 52.5 cm³/mol. The number of alkyl halides is 1. The normalized spacial score (nSPS) is 35.1. The van der Waals surface area contributed by atoms with Crippen molar-refractivity contribution in [2.24, 2.45) is 5.73 Å². The summed E-state index contributed by atoms with van der Waals surface area (Å²) in [4.78, 5) is 2.20. The van der Waals surface area contributed by atoms with Crippen molar-refractivity contribution in [3.05, 3.63) is 0 Å². The van der Waals surface area contributed by atoms with Gasteiger partial charge in [-0.25, -0.2) is 4.39 Å². The molecular formula is C9H21FN2O.